The third kappa shape index (κ3) is 5.87. The Labute approximate surface area is 140 Å². The molecule has 1 aromatic rings. The van der Waals surface area contributed by atoms with E-state index in [2.05, 4.69) is 36.5 Å². The summed E-state index contributed by atoms with van der Waals surface area (Å²) < 4.78 is 5.20. The number of nitrogens with one attached hydrogen (secondary N) is 1. The molecule has 4 heteroatoms. The maximum Gasteiger partial charge on any atom is 0.409 e. The fraction of sp³-hybridized carbons (Fsp3) is 0.632. The van der Waals surface area contributed by atoms with Gasteiger partial charge in [0.15, 0.2) is 0 Å². The number of amides is 1. The van der Waals surface area contributed by atoms with E-state index < -0.39 is 0 Å². The van der Waals surface area contributed by atoms with Gasteiger partial charge in [-0.1, -0.05) is 50.1 Å². The van der Waals surface area contributed by atoms with Crippen LogP contribution in [0.25, 0.3) is 0 Å². The van der Waals surface area contributed by atoms with Crippen molar-refractivity contribution in [2.45, 2.75) is 52.1 Å². The fourth-order valence-corrected chi connectivity index (χ4v) is 3.28. The zero-order valence-corrected chi connectivity index (χ0v) is 14.5. The molecule has 1 fully saturated rings. The molecule has 1 amide bonds. The zero-order valence-electron chi connectivity index (χ0n) is 14.5. The molecule has 2 unspecified atom stereocenters. The smallest absolute Gasteiger partial charge is 0.409 e. The first-order chi connectivity index (χ1) is 11.2. The Balaban J connectivity index is 1.92. The van der Waals surface area contributed by atoms with Crippen LogP contribution in [0.2, 0.25) is 0 Å². The van der Waals surface area contributed by atoms with Gasteiger partial charge in [-0.05, 0) is 31.2 Å². The van der Waals surface area contributed by atoms with Crippen molar-refractivity contribution in [3.8, 4) is 0 Å². The van der Waals surface area contributed by atoms with Gasteiger partial charge in [0.25, 0.3) is 0 Å². The largest absolute Gasteiger partial charge is 0.450 e. The molecule has 4 nitrogen and oxygen atoms in total. The summed E-state index contributed by atoms with van der Waals surface area (Å²) in [6.45, 7) is 6.95. The van der Waals surface area contributed by atoms with Crippen molar-refractivity contribution in [1.29, 1.82) is 0 Å². The van der Waals surface area contributed by atoms with Crippen LogP contribution in [0.5, 0.6) is 0 Å². The van der Waals surface area contributed by atoms with E-state index >= 15 is 0 Å². The van der Waals surface area contributed by atoms with Gasteiger partial charge >= 0.3 is 6.09 Å². The van der Waals surface area contributed by atoms with Gasteiger partial charge < -0.3 is 15.0 Å². The number of carbonyl (C=O) groups excluding carboxylic acids is 1. The molecule has 1 aliphatic rings. The number of hydrogen-bond acceptors (Lipinski definition) is 3. The average molecular weight is 318 g/mol. The monoisotopic (exact) mass is 318 g/mol. The van der Waals surface area contributed by atoms with Crippen molar-refractivity contribution in [2.75, 3.05) is 19.7 Å². The Morgan fingerprint density at radius 1 is 1.26 bits per heavy atom. The summed E-state index contributed by atoms with van der Waals surface area (Å²) in [6, 6.07) is 10.8. The summed E-state index contributed by atoms with van der Waals surface area (Å²) in [4.78, 5) is 14.0. The Bertz CT molecular complexity index is 464. The van der Waals surface area contributed by atoms with Crippen LogP contribution in [-0.2, 0) is 11.3 Å². The van der Waals surface area contributed by atoms with Gasteiger partial charge in [-0.25, -0.2) is 4.79 Å². The number of likely N-dealkylation sites (tertiary alicyclic amines) is 1. The Morgan fingerprint density at radius 2 is 2.04 bits per heavy atom. The molecule has 0 aromatic heterocycles. The van der Waals surface area contributed by atoms with Crippen molar-refractivity contribution in [1.82, 2.24) is 10.2 Å². The minimum Gasteiger partial charge on any atom is -0.450 e. The van der Waals surface area contributed by atoms with Gasteiger partial charge in [-0.3, -0.25) is 0 Å². The number of rotatable bonds is 7. The molecule has 1 saturated heterocycles. The van der Waals surface area contributed by atoms with E-state index in [-0.39, 0.29) is 6.09 Å². The summed E-state index contributed by atoms with van der Waals surface area (Å²) >= 11 is 0. The quantitative estimate of drug-likeness (QED) is 0.831. The molecule has 23 heavy (non-hydrogen) atoms. The molecule has 1 aromatic carbocycles. The number of ether oxygens (including phenoxy) is 1. The van der Waals surface area contributed by atoms with Gasteiger partial charge in [0.05, 0.1) is 6.61 Å². The Hall–Kier alpha value is -1.55. The second kappa shape index (κ2) is 9.56. The second-order valence-corrected chi connectivity index (χ2v) is 6.41. The molecule has 0 bridgehead atoms. The van der Waals surface area contributed by atoms with E-state index in [9.17, 15) is 4.79 Å². The lowest BCUT2D eigenvalue weighted by molar-refractivity contribution is 0.0767. The molecule has 1 heterocycles. The fourth-order valence-electron chi connectivity index (χ4n) is 3.28. The first-order valence-electron chi connectivity index (χ1n) is 8.91. The lowest BCUT2D eigenvalue weighted by Crippen LogP contribution is -2.51. The number of nitrogens with zero attached hydrogens (tertiary/aromatic N) is 1. The van der Waals surface area contributed by atoms with Gasteiger partial charge in [0.1, 0.15) is 0 Å². The van der Waals surface area contributed by atoms with Crippen molar-refractivity contribution < 1.29 is 9.53 Å². The molecular weight excluding hydrogens is 288 g/mol. The molecule has 0 radical (unpaired) electrons. The second-order valence-electron chi connectivity index (χ2n) is 6.41. The van der Waals surface area contributed by atoms with E-state index in [4.69, 9.17) is 4.74 Å². The van der Waals surface area contributed by atoms with E-state index in [0.717, 1.165) is 26.1 Å². The van der Waals surface area contributed by atoms with Crippen LogP contribution in [0.4, 0.5) is 4.79 Å². The van der Waals surface area contributed by atoms with Crippen molar-refractivity contribution >= 4 is 6.09 Å². The highest BCUT2D eigenvalue weighted by Crippen LogP contribution is 2.23. The number of unbranched alkanes of at least 4 members (excludes halogenated alkanes) is 1. The van der Waals surface area contributed by atoms with Crippen LogP contribution in [0.3, 0.4) is 0 Å². The highest BCUT2D eigenvalue weighted by atomic mass is 16.6. The molecule has 1 aliphatic heterocycles. The molecule has 2 rings (SSSR count). The minimum absolute atomic E-state index is 0.166. The standard InChI is InChI=1S/C19H30N2O2/c1-3-5-9-17-12-18(15-21(14-17)19(22)23-4-2)20-13-16-10-7-6-8-11-16/h6-8,10-11,17-18,20H,3-5,9,12-15H2,1-2H3. The zero-order chi connectivity index (χ0) is 16.5. The van der Waals surface area contributed by atoms with Crippen LogP contribution >= 0.6 is 0 Å². The number of carbonyl (C=O) groups is 1. The number of benzene rings is 1. The number of hydrogen-bond donors (Lipinski definition) is 1. The summed E-state index contributed by atoms with van der Waals surface area (Å²) in [5.41, 5.74) is 1.28. The average Bonchev–Trinajstić information content (AvgIpc) is 2.59. The first-order valence-corrected chi connectivity index (χ1v) is 8.91. The first kappa shape index (κ1) is 17.8. The SMILES string of the molecule is CCCCC1CC(NCc2ccccc2)CN(C(=O)OCC)C1. The molecule has 0 spiro atoms. The maximum absolute atomic E-state index is 12.1. The predicted molar refractivity (Wildman–Crippen MR) is 93.3 cm³/mol. The summed E-state index contributed by atoms with van der Waals surface area (Å²) in [5.74, 6) is 0.571. The summed E-state index contributed by atoms with van der Waals surface area (Å²) in [6.07, 6.45) is 4.60. The summed E-state index contributed by atoms with van der Waals surface area (Å²) in [7, 11) is 0. The van der Waals surface area contributed by atoms with Gasteiger partial charge in [-0.2, -0.15) is 0 Å². The Morgan fingerprint density at radius 3 is 2.74 bits per heavy atom. The maximum atomic E-state index is 12.1. The third-order valence-corrected chi connectivity index (χ3v) is 4.47. The van der Waals surface area contributed by atoms with Crippen LogP contribution < -0.4 is 5.32 Å². The highest BCUT2D eigenvalue weighted by Gasteiger charge is 2.30. The minimum atomic E-state index is -0.166. The highest BCUT2D eigenvalue weighted by molar-refractivity contribution is 5.67. The third-order valence-electron chi connectivity index (χ3n) is 4.47. The van der Waals surface area contributed by atoms with E-state index in [1.54, 1.807) is 0 Å². The van der Waals surface area contributed by atoms with Crippen LogP contribution in [0, 0.1) is 5.92 Å². The van der Waals surface area contributed by atoms with E-state index in [0.29, 0.717) is 18.6 Å². The molecule has 1 N–H and O–H groups in total. The predicted octanol–water partition coefficient (Wildman–Crippen LogP) is 3.81. The van der Waals surface area contributed by atoms with Gasteiger partial charge in [0.2, 0.25) is 0 Å². The van der Waals surface area contributed by atoms with Crippen molar-refractivity contribution in [3.63, 3.8) is 0 Å². The van der Waals surface area contributed by atoms with E-state index in [1.165, 1.54) is 24.8 Å². The molecular formula is C19H30N2O2. The number of piperidine rings is 1. The molecule has 2 atom stereocenters. The van der Waals surface area contributed by atoms with E-state index in [1.807, 2.05) is 17.9 Å². The van der Waals surface area contributed by atoms with Crippen molar-refractivity contribution in [2.24, 2.45) is 5.92 Å². The van der Waals surface area contributed by atoms with Gasteiger partial charge in [-0.15, -0.1) is 0 Å². The van der Waals surface area contributed by atoms with Gasteiger partial charge in [0, 0.05) is 25.7 Å². The molecule has 0 aliphatic carbocycles. The van der Waals surface area contributed by atoms with Crippen LogP contribution in [0.15, 0.2) is 30.3 Å². The molecule has 0 saturated carbocycles. The lowest BCUT2D eigenvalue weighted by atomic mass is 9.90. The Kier molecular flexibility index (Phi) is 7.40. The molecule has 128 valence electrons. The van der Waals surface area contributed by atoms with Crippen LogP contribution in [-0.4, -0.2) is 36.7 Å². The lowest BCUT2D eigenvalue weighted by Gasteiger charge is -2.37. The van der Waals surface area contributed by atoms with Crippen LogP contribution in [0.1, 0.15) is 45.1 Å². The van der Waals surface area contributed by atoms with Crippen molar-refractivity contribution in [3.05, 3.63) is 35.9 Å². The summed E-state index contributed by atoms with van der Waals surface area (Å²) in [5, 5.41) is 3.62. The topological polar surface area (TPSA) is 41.6 Å². The normalized spacial score (nSPS) is 21.2.